The molecule has 0 aliphatic heterocycles. The Hall–Kier alpha value is -3.72. The maximum atomic E-state index is 14.2. The molecule has 7 nitrogen and oxygen atoms in total. The summed E-state index contributed by atoms with van der Waals surface area (Å²) in [6.45, 7) is 4.21. The number of hydrogen-bond acceptors (Lipinski definition) is 5. The van der Waals surface area contributed by atoms with Gasteiger partial charge in [0, 0.05) is 41.0 Å². The average molecular weight is 479 g/mol. The minimum Gasteiger partial charge on any atom is -0.424 e. The highest BCUT2D eigenvalue weighted by Crippen LogP contribution is 2.30. The lowest BCUT2D eigenvalue weighted by Gasteiger charge is -2.15. The van der Waals surface area contributed by atoms with E-state index in [1.54, 1.807) is 35.8 Å². The summed E-state index contributed by atoms with van der Waals surface area (Å²) in [4.78, 5) is 3.25. The topological polar surface area (TPSA) is 89.9 Å². The number of aromatic nitrogens is 4. The Morgan fingerprint density at radius 1 is 1.06 bits per heavy atom. The molecule has 1 atom stereocenters. The van der Waals surface area contributed by atoms with Crippen LogP contribution in [0.25, 0.3) is 21.7 Å². The van der Waals surface area contributed by atoms with Gasteiger partial charge in [0.25, 0.3) is 0 Å². The fourth-order valence-electron chi connectivity index (χ4n) is 4.23. The molecule has 9 heteroatoms. The Labute approximate surface area is 196 Å². The van der Waals surface area contributed by atoms with Crippen molar-refractivity contribution in [2.75, 3.05) is 5.75 Å². The summed E-state index contributed by atoms with van der Waals surface area (Å²) in [7, 11) is -3.74. The van der Waals surface area contributed by atoms with Crippen molar-refractivity contribution in [1.29, 1.82) is 0 Å². The van der Waals surface area contributed by atoms with Gasteiger partial charge in [-0.15, -0.1) is 5.10 Å². The van der Waals surface area contributed by atoms with Crippen molar-refractivity contribution < 1.29 is 17.5 Å². The molecule has 0 bridgehead atoms. The van der Waals surface area contributed by atoms with Crippen molar-refractivity contribution in [3.05, 3.63) is 78.5 Å². The van der Waals surface area contributed by atoms with Crippen LogP contribution in [0.1, 0.15) is 25.6 Å². The first kappa shape index (κ1) is 22.1. The molecule has 0 amide bonds. The van der Waals surface area contributed by atoms with E-state index in [2.05, 4.69) is 15.2 Å². The summed E-state index contributed by atoms with van der Waals surface area (Å²) in [6, 6.07) is 17.0. The Bertz CT molecular complexity index is 1610. The van der Waals surface area contributed by atoms with E-state index in [1.165, 1.54) is 12.1 Å². The maximum Gasteiger partial charge on any atom is 0.322 e. The second kappa shape index (κ2) is 8.57. The van der Waals surface area contributed by atoms with E-state index in [9.17, 15) is 12.8 Å². The van der Waals surface area contributed by atoms with Crippen molar-refractivity contribution in [3.8, 4) is 11.8 Å². The molecule has 0 saturated heterocycles. The Balaban J connectivity index is 1.43. The third-order valence-corrected chi connectivity index (χ3v) is 7.84. The fraction of sp³-hybridized carbons (Fsp3) is 0.200. The summed E-state index contributed by atoms with van der Waals surface area (Å²) in [5.41, 5.74) is 0.936. The van der Waals surface area contributed by atoms with E-state index in [1.807, 2.05) is 37.4 Å². The number of H-pyrrole nitrogens is 1. The Kier molecular flexibility index (Phi) is 5.57. The standard InChI is InChI=1S/C25H23FN4O3S/c1-3-30-24(28-29-25(30)33-18-9-8-17-12-13-27-22(17)14-18)16(2)15-34(31,32)23-11-10-21(26)19-6-4-5-7-20(19)23/h4-14,16,27H,3,15H2,1-2H3/t16-/m0/s1. The van der Waals surface area contributed by atoms with E-state index in [0.717, 1.165) is 10.9 Å². The van der Waals surface area contributed by atoms with E-state index < -0.39 is 21.6 Å². The summed E-state index contributed by atoms with van der Waals surface area (Å²) in [5, 5.41) is 10.1. The summed E-state index contributed by atoms with van der Waals surface area (Å²) in [6.07, 6.45) is 1.85. The number of aromatic amines is 1. The molecular formula is C25H23FN4O3S. The van der Waals surface area contributed by atoms with Crippen LogP contribution < -0.4 is 4.74 Å². The van der Waals surface area contributed by atoms with Crippen molar-refractivity contribution in [1.82, 2.24) is 19.7 Å². The molecule has 0 unspecified atom stereocenters. The van der Waals surface area contributed by atoms with Crippen LogP contribution in [-0.2, 0) is 16.4 Å². The molecule has 0 spiro atoms. The molecule has 0 saturated carbocycles. The molecule has 3 aromatic carbocycles. The quantitative estimate of drug-likeness (QED) is 0.315. The molecule has 0 aliphatic rings. The number of benzene rings is 3. The minimum atomic E-state index is -3.74. The van der Waals surface area contributed by atoms with Crippen LogP contribution in [0.5, 0.6) is 11.8 Å². The number of ether oxygens (including phenoxy) is 1. The second-order valence-electron chi connectivity index (χ2n) is 8.19. The zero-order valence-electron chi connectivity index (χ0n) is 18.7. The van der Waals surface area contributed by atoms with Crippen LogP contribution in [0.2, 0.25) is 0 Å². The highest BCUT2D eigenvalue weighted by molar-refractivity contribution is 7.91. The van der Waals surface area contributed by atoms with Crippen molar-refractivity contribution in [2.24, 2.45) is 0 Å². The first-order valence-electron chi connectivity index (χ1n) is 11.0. The smallest absolute Gasteiger partial charge is 0.322 e. The number of halogens is 1. The molecule has 34 heavy (non-hydrogen) atoms. The average Bonchev–Trinajstić information content (AvgIpc) is 3.45. The van der Waals surface area contributed by atoms with Crippen LogP contribution in [-0.4, -0.2) is 33.9 Å². The van der Waals surface area contributed by atoms with Crippen LogP contribution >= 0.6 is 0 Å². The zero-order chi connectivity index (χ0) is 23.9. The number of nitrogens with zero attached hydrogens (tertiary/aromatic N) is 3. The van der Waals surface area contributed by atoms with Gasteiger partial charge in [0.05, 0.1) is 10.6 Å². The minimum absolute atomic E-state index is 0.106. The highest BCUT2D eigenvalue weighted by Gasteiger charge is 2.26. The van der Waals surface area contributed by atoms with Gasteiger partial charge in [0.15, 0.2) is 9.84 Å². The first-order valence-corrected chi connectivity index (χ1v) is 12.6. The van der Waals surface area contributed by atoms with Gasteiger partial charge in [-0.05, 0) is 42.6 Å². The van der Waals surface area contributed by atoms with E-state index in [0.29, 0.717) is 29.5 Å². The second-order valence-corrected chi connectivity index (χ2v) is 10.2. The van der Waals surface area contributed by atoms with Gasteiger partial charge in [0.2, 0.25) is 0 Å². The highest BCUT2D eigenvalue weighted by atomic mass is 32.2. The van der Waals surface area contributed by atoms with Crippen molar-refractivity contribution in [2.45, 2.75) is 31.2 Å². The Morgan fingerprint density at radius 3 is 2.65 bits per heavy atom. The first-order chi connectivity index (χ1) is 16.4. The predicted octanol–water partition coefficient (Wildman–Crippen LogP) is 5.44. The van der Waals surface area contributed by atoms with Gasteiger partial charge in [-0.25, -0.2) is 12.8 Å². The van der Waals surface area contributed by atoms with Gasteiger partial charge in [-0.2, -0.15) is 0 Å². The van der Waals surface area contributed by atoms with Gasteiger partial charge in [-0.3, -0.25) is 4.57 Å². The monoisotopic (exact) mass is 478 g/mol. The summed E-state index contributed by atoms with van der Waals surface area (Å²) < 4.78 is 48.6. The van der Waals surface area contributed by atoms with Crippen molar-refractivity contribution in [3.63, 3.8) is 0 Å². The molecule has 0 aliphatic carbocycles. The van der Waals surface area contributed by atoms with E-state index in [4.69, 9.17) is 4.74 Å². The SMILES string of the molecule is CCn1c(Oc2ccc3cc[nH]c3c2)nnc1[C@@H](C)CS(=O)(=O)c1ccc(F)c2ccccc12. The van der Waals surface area contributed by atoms with E-state index >= 15 is 0 Å². The van der Waals surface area contributed by atoms with Crippen molar-refractivity contribution >= 4 is 31.5 Å². The third-order valence-electron chi connectivity index (χ3n) is 5.87. The number of hydrogen-bond donors (Lipinski definition) is 1. The predicted molar refractivity (Wildman–Crippen MR) is 128 cm³/mol. The normalized spacial score (nSPS) is 12.9. The number of rotatable bonds is 7. The summed E-state index contributed by atoms with van der Waals surface area (Å²) >= 11 is 0. The molecule has 0 radical (unpaired) electrons. The lowest BCUT2D eigenvalue weighted by molar-refractivity contribution is 0.410. The lowest BCUT2D eigenvalue weighted by Crippen LogP contribution is -2.17. The summed E-state index contributed by atoms with van der Waals surface area (Å²) in [5.74, 6) is -0.0119. The number of nitrogens with one attached hydrogen (secondary N) is 1. The van der Waals surface area contributed by atoms with Gasteiger partial charge in [-0.1, -0.05) is 36.3 Å². The fourth-order valence-corrected chi connectivity index (χ4v) is 6.01. The zero-order valence-corrected chi connectivity index (χ0v) is 19.5. The molecule has 5 rings (SSSR count). The number of sulfone groups is 1. The van der Waals surface area contributed by atoms with E-state index in [-0.39, 0.29) is 16.0 Å². The molecule has 0 fully saturated rings. The molecule has 5 aromatic rings. The largest absolute Gasteiger partial charge is 0.424 e. The maximum absolute atomic E-state index is 14.2. The van der Waals surface area contributed by atoms with Crippen LogP contribution in [0.4, 0.5) is 4.39 Å². The lowest BCUT2D eigenvalue weighted by atomic mass is 10.1. The molecular weight excluding hydrogens is 455 g/mol. The van der Waals surface area contributed by atoms with Gasteiger partial charge < -0.3 is 9.72 Å². The molecule has 2 heterocycles. The molecule has 2 aromatic heterocycles. The number of fused-ring (bicyclic) bond motifs is 2. The van der Waals surface area contributed by atoms with Gasteiger partial charge in [0.1, 0.15) is 17.4 Å². The molecule has 1 N–H and O–H groups in total. The third kappa shape index (κ3) is 3.92. The van der Waals surface area contributed by atoms with Crippen LogP contribution in [0.15, 0.2) is 71.8 Å². The van der Waals surface area contributed by atoms with Gasteiger partial charge >= 0.3 is 6.01 Å². The van der Waals surface area contributed by atoms with Crippen LogP contribution in [0, 0.1) is 5.82 Å². The molecule has 174 valence electrons. The Morgan fingerprint density at radius 2 is 1.85 bits per heavy atom. The van der Waals surface area contributed by atoms with Crippen LogP contribution in [0.3, 0.4) is 0 Å².